The Bertz CT molecular complexity index is 338. The van der Waals surface area contributed by atoms with Crippen molar-refractivity contribution in [2.75, 3.05) is 32.9 Å². The predicted octanol–water partition coefficient (Wildman–Crippen LogP) is 0.778. The topological polar surface area (TPSA) is 61.4 Å². The van der Waals surface area contributed by atoms with Crippen LogP contribution >= 0.6 is 0 Å². The summed E-state index contributed by atoms with van der Waals surface area (Å²) < 4.78 is 26.7. The number of hydrogen-bond acceptors (Lipinski definition) is 4. The third-order valence-corrected chi connectivity index (χ3v) is 5.07. The molecule has 0 aromatic carbocycles. The average molecular weight is 291 g/mol. The van der Waals surface area contributed by atoms with Crippen LogP contribution in [0.15, 0.2) is 0 Å². The molecule has 0 aromatic rings. The van der Waals surface area contributed by atoms with Crippen molar-refractivity contribution in [1.82, 2.24) is 14.9 Å². The second-order valence-corrected chi connectivity index (χ2v) is 7.74. The lowest BCUT2D eigenvalue weighted by Crippen LogP contribution is -2.40. The fraction of sp³-hybridized carbons (Fsp3) is 1.00. The van der Waals surface area contributed by atoms with Crippen LogP contribution < -0.4 is 10.0 Å². The predicted molar refractivity (Wildman–Crippen MR) is 79.8 cm³/mol. The van der Waals surface area contributed by atoms with Gasteiger partial charge in [0.25, 0.3) is 0 Å². The van der Waals surface area contributed by atoms with Gasteiger partial charge in [0.15, 0.2) is 0 Å². The van der Waals surface area contributed by atoms with Crippen LogP contribution in [0.1, 0.15) is 39.0 Å². The fourth-order valence-corrected chi connectivity index (χ4v) is 3.79. The number of hydrogen-bond donors (Lipinski definition) is 2. The lowest BCUT2D eigenvalue weighted by atomic mass is 10.0. The van der Waals surface area contributed by atoms with Crippen molar-refractivity contribution in [2.24, 2.45) is 0 Å². The van der Waals surface area contributed by atoms with Crippen molar-refractivity contribution in [3.05, 3.63) is 0 Å². The second kappa shape index (κ2) is 8.19. The molecule has 5 nitrogen and oxygen atoms in total. The van der Waals surface area contributed by atoms with E-state index in [1.54, 1.807) is 0 Å². The van der Waals surface area contributed by atoms with E-state index in [2.05, 4.69) is 14.9 Å². The Hall–Kier alpha value is -0.170. The standard InChI is InChI=1S/C13H29N3O2S/c1-12(7-10-16(2)3)15-19(17,18)11-8-13-6-4-5-9-14-13/h12-15H,4-11H2,1-3H3. The van der Waals surface area contributed by atoms with Crippen LogP contribution in [0.5, 0.6) is 0 Å². The molecule has 1 aliphatic rings. The molecule has 2 N–H and O–H groups in total. The molecule has 1 fully saturated rings. The third kappa shape index (κ3) is 7.87. The molecule has 19 heavy (non-hydrogen) atoms. The molecule has 1 aliphatic heterocycles. The highest BCUT2D eigenvalue weighted by Crippen LogP contribution is 2.11. The van der Waals surface area contributed by atoms with E-state index in [4.69, 9.17) is 0 Å². The molecule has 0 spiro atoms. The van der Waals surface area contributed by atoms with Gasteiger partial charge in [0.1, 0.15) is 0 Å². The number of nitrogens with one attached hydrogen (secondary N) is 2. The van der Waals surface area contributed by atoms with Crippen molar-refractivity contribution in [3.8, 4) is 0 Å². The summed E-state index contributed by atoms with van der Waals surface area (Å²) in [5.41, 5.74) is 0. The highest BCUT2D eigenvalue weighted by atomic mass is 32.2. The van der Waals surface area contributed by atoms with Gasteiger partial charge in [-0.15, -0.1) is 0 Å². The quantitative estimate of drug-likeness (QED) is 0.694. The Kier molecular flexibility index (Phi) is 7.28. The first-order chi connectivity index (χ1) is 8.89. The van der Waals surface area contributed by atoms with Crippen LogP contribution in [0.3, 0.4) is 0 Å². The van der Waals surface area contributed by atoms with E-state index >= 15 is 0 Å². The van der Waals surface area contributed by atoms with Gasteiger partial charge in [-0.1, -0.05) is 6.42 Å². The first-order valence-electron chi connectivity index (χ1n) is 7.27. The maximum atomic E-state index is 12.0. The fourth-order valence-electron chi connectivity index (χ4n) is 2.34. The first kappa shape index (κ1) is 16.9. The highest BCUT2D eigenvalue weighted by Gasteiger charge is 2.19. The second-order valence-electron chi connectivity index (χ2n) is 5.87. The van der Waals surface area contributed by atoms with Gasteiger partial charge in [0, 0.05) is 12.1 Å². The third-order valence-electron chi connectivity index (χ3n) is 3.54. The summed E-state index contributed by atoms with van der Waals surface area (Å²) >= 11 is 0. The molecule has 0 radical (unpaired) electrons. The molecule has 0 aromatic heterocycles. The molecule has 0 aliphatic carbocycles. The van der Waals surface area contributed by atoms with Crippen LogP contribution in [-0.4, -0.2) is 58.3 Å². The number of sulfonamides is 1. The van der Waals surface area contributed by atoms with Gasteiger partial charge in [-0.25, -0.2) is 13.1 Å². The van der Waals surface area contributed by atoms with E-state index in [1.165, 1.54) is 12.8 Å². The van der Waals surface area contributed by atoms with E-state index in [-0.39, 0.29) is 11.8 Å². The number of piperidine rings is 1. The van der Waals surface area contributed by atoms with Crippen LogP contribution in [-0.2, 0) is 10.0 Å². The normalized spacial score (nSPS) is 22.6. The molecule has 6 heteroatoms. The zero-order chi connectivity index (χ0) is 14.3. The molecule has 0 amide bonds. The molecule has 0 bridgehead atoms. The largest absolute Gasteiger partial charge is 0.314 e. The number of rotatable bonds is 8. The van der Waals surface area contributed by atoms with Crippen molar-refractivity contribution >= 4 is 10.0 Å². The monoisotopic (exact) mass is 291 g/mol. The van der Waals surface area contributed by atoms with Gasteiger partial charge in [-0.2, -0.15) is 0 Å². The van der Waals surface area contributed by atoms with Crippen LogP contribution in [0.4, 0.5) is 0 Å². The summed E-state index contributed by atoms with van der Waals surface area (Å²) in [6.45, 7) is 3.85. The van der Waals surface area contributed by atoms with Crippen LogP contribution in [0.2, 0.25) is 0 Å². The maximum absolute atomic E-state index is 12.0. The van der Waals surface area contributed by atoms with E-state index in [9.17, 15) is 8.42 Å². The Balaban J connectivity index is 2.26. The van der Waals surface area contributed by atoms with Crippen molar-refractivity contribution in [3.63, 3.8) is 0 Å². The Morgan fingerprint density at radius 1 is 1.37 bits per heavy atom. The molecule has 0 saturated carbocycles. The van der Waals surface area contributed by atoms with Crippen LogP contribution in [0.25, 0.3) is 0 Å². The summed E-state index contributed by atoms with van der Waals surface area (Å²) in [7, 11) is 0.855. The van der Waals surface area contributed by atoms with Crippen molar-refractivity contribution in [1.29, 1.82) is 0 Å². The van der Waals surface area contributed by atoms with Gasteiger partial charge in [0.2, 0.25) is 10.0 Å². The van der Waals surface area contributed by atoms with Gasteiger partial charge in [-0.3, -0.25) is 0 Å². The maximum Gasteiger partial charge on any atom is 0.211 e. The van der Waals surface area contributed by atoms with Gasteiger partial charge in [-0.05, 0) is 59.8 Å². The molecule has 2 atom stereocenters. The summed E-state index contributed by atoms with van der Waals surface area (Å²) in [5.74, 6) is 0.233. The lowest BCUT2D eigenvalue weighted by molar-refractivity contribution is 0.377. The minimum absolute atomic E-state index is 0.00622. The van der Waals surface area contributed by atoms with Crippen LogP contribution in [0, 0.1) is 0 Å². The number of nitrogens with zero attached hydrogens (tertiary/aromatic N) is 1. The van der Waals surface area contributed by atoms with E-state index in [1.807, 2.05) is 21.0 Å². The lowest BCUT2D eigenvalue weighted by Gasteiger charge is -2.23. The molecule has 1 rings (SSSR count). The van der Waals surface area contributed by atoms with Gasteiger partial charge >= 0.3 is 0 Å². The summed E-state index contributed by atoms with van der Waals surface area (Å²) in [5, 5.41) is 3.39. The van der Waals surface area contributed by atoms with E-state index < -0.39 is 10.0 Å². The SMILES string of the molecule is CC(CCN(C)C)NS(=O)(=O)CCC1CCCCN1. The molecule has 1 heterocycles. The molecular weight excluding hydrogens is 262 g/mol. The Labute approximate surface area is 118 Å². The Morgan fingerprint density at radius 2 is 2.11 bits per heavy atom. The molecule has 2 unspecified atom stereocenters. The molecule has 114 valence electrons. The smallest absolute Gasteiger partial charge is 0.211 e. The van der Waals surface area contributed by atoms with Gasteiger partial charge < -0.3 is 10.2 Å². The van der Waals surface area contributed by atoms with E-state index in [0.29, 0.717) is 6.04 Å². The van der Waals surface area contributed by atoms with E-state index in [0.717, 1.165) is 32.4 Å². The first-order valence-corrected chi connectivity index (χ1v) is 8.92. The zero-order valence-corrected chi connectivity index (χ0v) is 13.3. The highest BCUT2D eigenvalue weighted by molar-refractivity contribution is 7.89. The average Bonchev–Trinajstić information content (AvgIpc) is 2.35. The minimum atomic E-state index is -3.14. The molecule has 1 saturated heterocycles. The minimum Gasteiger partial charge on any atom is -0.314 e. The van der Waals surface area contributed by atoms with Crippen molar-refractivity contribution < 1.29 is 8.42 Å². The van der Waals surface area contributed by atoms with Crippen molar-refractivity contribution in [2.45, 2.75) is 51.1 Å². The summed E-state index contributed by atoms with van der Waals surface area (Å²) in [4.78, 5) is 2.07. The summed E-state index contributed by atoms with van der Waals surface area (Å²) in [6, 6.07) is 0.383. The summed E-state index contributed by atoms with van der Waals surface area (Å²) in [6.07, 6.45) is 5.09. The Morgan fingerprint density at radius 3 is 2.68 bits per heavy atom. The zero-order valence-electron chi connectivity index (χ0n) is 12.5. The van der Waals surface area contributed by atoms with Gasteiger partial charge in [0.05, 0.1) is 5.75 Å². The molecular formula is C13H29N3O2S.